The summed E-state index contributed by atoms with van der Waals surface area (Å²) in [5.74, 6) is -3.86. The van der Waals surface area contributed by atoms with Crippen molar-refractivity contribution in [3.05, 3.63) is 0 Å². The van der Waals surface area contributed by atoms with Gasteiger partial charge in [-0.2, -0.15) is 21.6 Å². The van der Waals surface area contributed by atoms with Crippen molar-refractivity contribution in [2.45, 2.75) is 69.2 Å². The van der Waals surface area contributed by atoms with Crippen LogP contribution in [-0.4, -0.2) is 43.7 Å². The maximum atomic E-state index is 13.9. The number of alkyl halides is 5. The molecule has 2 atom stereocenters. The molecule has 0 unspecified atom stereocenters. The number of hydrogen-bond donors (Lipinski definition) is 1. The number of carbonyl (C=O) groups is 1. The first-order chi connectivity index (χ1) is 10.6. The van der Waals surface area contributed by atoms with Crippen molar-refractivity contribution in [1.29, 1.82) is 0 Å². The van der Waals surface area contributed by atoms with Gasteiger partial charge in [0.1, 0.15) is 5.60 Å². The van der Waals surface area contributed by atoms with E-state index in [1.807, 2.05) is 5.32 Å². The highest BCUT2D eigenvalue weighted by Gasteiger charge is 2.56. The zero-order chi connectivity index (χ0) is 19.0. The third-order valence-electron chi connectivity index (χ3n) is 3.02. The second kappa shape index (κ2) is 6.62. The van der Waals surface area contributed by atoms with Crippen LogP contribution in [0.3, 0.4) is 0 Å². The Morgan fingerprint density at radius 1 is 1.21 bits per heavy atom. The van der Waals surface area contributed by atoms with Crippen LogP contribution in [0, 0.1) is 0 Å². The van der Waals surface area contributed by atoms with E-state index in [1.54, 1.807) is 0 Å². The van der Waals surface area contributed by atoms with Crippen LogP contribution in [0.5, 0.6) is 0 Å². The maximum absolute atomic E-state index is 13.9. The first kappa shape index (κ1) is 20.9. The zero-order valence-corrected chi connectivity index (χ0v) is 13.9. The summed E-state index contributed by atoms with van der Waals surface area (Å²) in [5.41, 5.74) is -6.83. The van der Waals surface area contributed by atoms with E-state index in [1.165, 1.54) is 20.8 Å². The average molecular weight is 383 g/mol. The Hall–Kier alpha value is -1.17. The van der Waals surface area contributed by atoms with Gasteiger partial charge in [0.15, 0.2) is 6.10 Å². The van der Waals surface area contributed by atoms with Gasteiger partial charge in [-0.15, -0.1) is 0 Å². The number of halogens is 5. The van der Waals surface area contributed by atoms with Crippen molar-refractivity contribution in [2.24, 2.45) is 0 Å². The first-order valence-corrected chi connectivity index (χ1v) is 8.33. The lowest BCUT2D eigenvalue weighted by atomic mass is 9.89. The minimum absolute atomic E-state index is 0.139. The fraction of sp³-hybridized carbons (Fsp3) is 0.917. The topological polar surface area (TPSA) is 81.7 Å². The lowest BCUT2D eigenvalue weighted by Gasteiger charge is -2.37. The smallest absolute Gasteiger partial charge is 0.444 e. The second-order valence-electron chi connectivity index (χ2n) is 6.32. The molecule has 142 valence electrons. The molecule has 0 bridgehead atoms. The third-order valence-corrected chi connectivity index (χ3v) is 4.05. The van der Waals surface area contributed by atoms with E-state index in [0.29, 0.717) is 0 Å². The number of ether oxygens (including phenoxy) is 1. The van der Waals surface area contributed by atoms with Crippen molar-refractivity contribution < 1.29 is 44.1 Å². The number of alkyl carbamates (subject to hydrolysis) is 1. The molecule has 0 saturated heterocycles. The Morgan fingerprint density at radius 2 is 1.75 bits per heavy atom. The van der Waals surface area contributed by atoms with Crippen LogP contribution in [0.4, 0.5) is 26.7 Å². The van der Waals surface area contributed by atoms with Gasteiger partial charge in [0.25, 0.3) is 5.92 Å². The summed E-state index contributed by atoms with van der Waals surface area (Å²) in [7, 11) is -6.24. The van der Waals surface area contributed by atoms with Gasteiger partial charge in [0.05, 0.1) is 6.04 Å². The van der Waals surface area contributed by atoms with Crippen LogP contribution >= 0.6 is 0 Å². The fourth-order valence-corrected chi connectivity index (χ4v) is 2.74. The molecule has 0 spiro atoms. The summed E-state index contributed by atoms with van der Waals surface area (Å²) in [4.78, 5) is 11.6. The molecule has 0 aromatic heterocycles. The van der Waals surface area contributed by atoms with Gasteiger partial charge in [0.2, 0.25) is 0 Å². The molecule has 1 fully saturated rings. The molecule has 1 N–H and O–H groups in total. The molecule has 1 amide bonds. The van der Waals surface area contributed by atoms with Gasteiger partial charge < -0.3 is 10.1 Å². The Kier molecular flexibility index (Phi) is 5.76. The Labute approximate surface area is 135 Å². The Bertz CT molecular complexity index is 569. The van der Waals surface area contributed by atoms with Crippen LogP contribution in [0.2, 0.25) is 0 Å². The Balaban J connectivity index is 2.99. The van der Waals surface area contributed by atoms with Crippen molar-refractivity contribution in [1.82, 2.24) is 5.32 Å². The highest BCUT2D eigenvalue weighted by molar-refractivity contribution is 7.87. The van der Waals surface area contributed by atoms with Crippen LogP contribution in [0.15, 0.2) is 0 Å². The number of carbonyl (C=O) groups excluding carboxylic acids is 1. The molecule has 0 heterocycles. The molecule has 0 aliphatic heterocycles. The van der Waals surface area contributed by atoms with Crippen LogP contribution in [-0.2, 0) is 19.0 Å². The van der Waals surface area contributed by atoms with E-state index in [2.05, 4.69) is 4.18 Å². The van der Waals surface area contributed by atoms with Crippen LogP contribution in [0.1, 0.15) is 40.0 Å². The van der Waals surface area contributed by atoms with Crippen molar-refractivity contribution in [3.8, 4) is 0 Å². The molecule has 1 aliphatic rings. The lowest BCUT2D eigenvalue weighted by Crippen LogP contribution is -2.57. The molecular formula is C12H18F5NO5S. The molecular weight excluding hydrogens is 365 g/mol. The molecule has 24 heavy (non-hydrogen) atoms. The van der Waals surface area contributed by atoms with Gasteiger partial charge in [-0.25, -0.2) is 13.6 Å². The van der Waals surface area contributed by atoms with Gasteiger partial charge in [-0.3, -0.25) is 4.18 Å². The molecule has 0 aromatic carbocycles. The van der Waals surface area contributed by atoms with E-state index in [0.717, 1.165) is 0 Å². The standard InChI is InChI=1S/C12H18F5NO5S/c1-10(2,3)22-9(19)18-7-5-4-6-11(13,14)8(7)23-24(20,21)12(15,16)17/h7-8H,4-6H2,1-3H3,(H,18,19)/t7-,8+/m0/s1. The minimum Gasteiger partial charge on any atom is -0.444 e. The average Bonchev–Trinajstić information content (AvgIpc) is 2.29. The highest BCUT2D eigenvalue weighted by atomic mass is 32.2. The summed E-state index contributed by atoms with van der Waals surface area (Å²) in [6.45, 7) is 4.47. The van der Waals surface area contributed by atoms with Crippen LogP contribution < -0.4 is 5.32 Å². The van der Waals surface area contributed by atoms with Crippen molar-refractivity contribution in [2.75, 3.05) is 0 Å². The molecule has 6 nitrogen and oxygen atoms in total. The lowest BCUT2D eigenvalue weighted by molar-refractivity contribution is -0.138. The normalized spacial score (nSPS) is 25.2. The van der Waals surface area contributed by atoms with E-state index in [4.69, 9.17) is 4.74 Å². The predicted octanol–water partition coefficient (Wildman–Crippen LogP) is 2.93. The zero-order valence-electron chi connectivity index (χ0n) is 13.1. The van der Waals surface area contributed by atoms with Crippen LogP contribution in [0.25, 0.3) is 0 Å². The summed E-state index contributed by atoms with van der Waals surface area (Å²) in [6.07, 6.45) is -5.03. The quantitative estimate of drug-likeness (QED) is 0.460. The number of nitrogens with one attached hydrogen (secondary N) is 1. The van der Waals surface area contributed by atoms with Gasteiger partial charge in [0, 0.05) is 6.42 Å². The molecule has 1 rings (SSSR count). The Morgan fingerprint density at radius 3 is 2.21 bits per heavy atom. The summed E-state index contributed by atoms with van der Waals surface area (Å²) in [6, 6.07) is -1.65. The summed E-state index contributed by atoms with van der Waals surface area (Å²) in [5, 5.41) is 1.96. The number of rotatable bonds is 3. The van der Waals surface area contributed by atoms with Gasteiger partial charge in [-0.1, -0.05) is 0 Å². The number of hydrogen-bond acceptors (Lipinski definition) is 5. The van der Waals surface area contributed by atoms with E-state index >= 15 is 0 Å². The van der Waals surface area contributed by atoms with Crippen molar-refractivity contribution >= 4 is 16.2 Å². The monoisotopic (exact) mass is 383 g/mol. The molecule has 1 aliphatic carbocycles. The van der Waals surface area contributed by atoms with E-state index < -0.39 is 51.8 Å². The van der Waals surface area contributed by atoms with E-state index in [9.17, 15) is 35.2 Å². The number of amides is 1. The molecule has 0 radical (unpaired) electrons. The maximum Gasteiger partial charge on any atom is 0.523 e. The van der Waals surface area contributed by atoms with Gasteiger partial charge in [-0.05, 0) is 33.6 Å². The van der Waals surface area contributed by atoms with Crippen molar-refractivity contribution in [3.63, 3.8) is 0 Å². The predicted molar refractivity (Wildman–Crippen MR) is 71.8 cm³/mol. The molecule has 1 saturated carbocycles. The fourth-order valence-electron chi connectivity index (χ4n) is 2.08. The second-order valence-corrected chi connectivity index (χ2v) is 7.89. The van der Waals surface area contributed by atoms with E-state index in [-0.39, 0.29) is 12.8 Å². The molecule has 0 aromatic rings. The molecule has 12 heteroatoms. The highest BCUT2D eigenvalue weighted by Crippen LogP contribution is 2.39. The first-order valence-electron chi connectivity index (χ1n) is 6.92. The largest absolute Gasteiger partial charge is 0.523 e. The summed E-state index contributed by atoms with van der Waals surface area (Å²) >= 11 is 0. The summed E-state index contributed by atoms with van der Waals surface area (Å²) < 4.78 is 95.5. The minimum atomic E-state index is -6.24. The van der Waals surface area contributed by atoms with Gasteiger partial charge >= 0.3 is 21.7 Å². The SMILES string of the molecule is CC(C)(C)OC(=O)N[C@H]1CCCC(F)(F)[C@@H]1OS(=O)(=O)C(F)(F)F. The third kappa shape index (κ3) is 5.43.